The Morgan fingerprint density at radius 2 is 2.35 bits per heavy atom. The summed E-state index contributed by atoms with van der Waals surface area (Å²) in [6, 6.07) is 4.09. The molecule has 1 unspecified atom stereocenters. The molecule has 1 aromatic heterocycles. The minimum atomic E-state index is -2.81. The van der Waals surface area contributed by atoms with E-state index in [2.05, 4.69) is 22.9 Å². The molecule has 2 rings (SSSR count). The first kappa shape index (κ1) is 12.6. The largest absolute Gasteiger partial charge is 0.351 e. The van der Waals surface area contributed by atoms with Crippen molar-refractivity contribution in [2.75, 3.05) is 12.3 Å². The van der Waals surface area contributed by atoms with Crippen LogP contribution >= 0.6 is 0 Å². The summed E-state index contributed by atoms with van der Waals surface area (Å²) in [5.74, 6) is 0.366. The van der Waals surface area contributed by atoms with Crippen LogP contribution in [0, 0.1) is 0 Å². The van der Waals surface area contributed by atoms with Gasteiger partial charge in [-0.15, -0.1) is 0 Å². The molecular weight excluding hydrogens is 236 g/mol. The summed E-state index contributed by atoms with van der Waals surface area (Å²) in [5.41, 5.74) is 1.21. The van der Waals surface area contributed by atoms with Crippen LogP contribution in [0.2, 0.25) is 0 Å². The van der Waals surface area contributed by atoms with Crippen LogP contribution in [-0.2, 0) is 22.9 Å². The van der Waals surface area contributed by atoms with Crippen molar-refractivity contribution in [3.05, 3.63) is 24.0 Å². The Balaban J connectivity index is 1.84. The van der Waals surface area contributed by atoms with E-state index in [1.165, 1.54) is 5.69 Å². The van der Waals surface area contributed by atoms with Crippen LogP contribution in [-0.4, -0.2) is 30.5 Å². The number of aromatic nitrogens is 1. The highest BCUT2D eigenvalue weighted by atomic mass is 32.2. The van der Waals surface area contributed by atoms with Crippen molar-refractivity contribution in [2.24, 2.45) is 0 Å². The summed E-state index contributed by atoms with van der Waals surface area (Å²) in [6.07, 6.45) is 3.67. The number of nitrogens with zero attached hydrogens (tertiary/aromatic N) is 1. The summed E-state index contributed by atoms with van der Waals surface area (Å²) >= 11 is 0. The van der Waals surface area contributed by atoms with Gasteiger partial charge in [0.25, 0.3) is 0 Å². The van der Waals surface area contributed by atoms with E-state index in [-0.39, 0.29) is 5.25 Å². The lowest BCUT2D eigenvalue weighted by atomic mass is 10.2. The molecule has 96 valence electrons. The average Bonchev–Trinajstić information content (AvgIpc) is 2.86. The van der Waals surface area contributed by atoms with Gasteiger partial charge < -0.3 is 9.88 Å². The van der Waals surface area contributed by atoms with Crippen molar-refractivity contribution < 1.29 is 8.42 Å². The Kier molecular flexibility index (Phi) is 3.89. The van der Waals surface area contributed by atoms with Gasteiger partial charge in [0.15, 0.2) is 9.84 Å². The van der Waals surface area contributed by atoms with Gasteiger partial charge in [-0.2, -0.15) is 0 Å². The molecule has 0 amide bonds. The van der Waals surface area contributed by atoms with E-state index in [9.17, 15) is 8.42 Å². The quantitative estimate of drug-likeness (QED) is 0.860. The second-order valence-corrected chi connectivity index (χ2v) is 6.95. The van der Waals surface area contributed by atoms with Crippen molar-refractivity contribution in [3.8, 4) is 0 Å². The third kappa shape index (κ3) is 2.90. The molecule has 1 aliphatic heterocycles. The monoisotopic (exact) mass is 256 g/mol. The Bertz CT molecular complexity index is 465. The van der Waals surface area contributed by atoms with E-state index < -0.39 is 9.84 Å². The van der Waals surface area contributed by atoms with Crippen LogP contribution in [0.5, 0.6) is 0 Å². The normalized spacial score (nSPS) is 23.0. The predicted molar refractivity (Wildman–Crippen MR) is 68.6 cm³/mol. The zero-order chi connectivity index (χ0) is 12.3. The second kappa shape index (κ2) is 5.23. The second-order valence-electron chi connectivity index (χ2n) is 4.55. The van der Waals surface area contributed by atoms with Gasteiger partial charge in [0.2, 0.25) is 0 Å². The first-order valence-electron chi connectivity index (χ1n) is 6.20. The van der Waals surface area contributed by atoms with Crippen LogP contribution in [0.4, 0.5) is 0 Å². The van der Waals surface area contributed by atoms with Crippen LogP contribution in [0.15, 0.2) is 18.3 Å². The summed E-state index contributed by atoms with van der Waals surface area (Å²) < 4.78 is 25.4. The fourth-order valence-corrected chi connectivity index (χ4v) is 4.17. The molecule has 4 nitrogen and oxygen atoms in total. The van der Waals surface area contributed by atoms with Gasteiger partial charge in [0.1, 0.15) is 0 Å². The zero-order valence-corrected chi connectivity index (χ0v) is 11.0. The third-order valence-electron chi connectivity index (χ3n) is 3.41. The molecule has 1 aliphatic rings. The molecule has 0 saturated carbocycles. The zero-order valence-electron chi connectivity index (χ0n) is 10.2. The van der Waals surface area contributed by atoms with Crippen molar-refractivity contribution in [1.29, 1.82) is 0 Å². The lowest BCUT2D eigenvalue weighted by Gasteiger charge is -2.12. The van der Waals surface area contributed by atoms with Crippen molar-refractivity contribution >= 4 is 9.84 Å². The molecule has 1 saturated heterocycles. The highest BCUT2D eigenvalue weighted by Crippen LogP contribution is 2.19. The van der Waals surface area contributed by atoms with Crippen LogP contribution in [0.1, 0.15) is 25.5 Å². The number of rotatable bonds is 5. The van der Waals surface area contributed by atoms with Crippen molar-refractivity contribution in [3.63, 3.8) is 0 Å². The van der Waals surface area contributed by atoms with Gasteiger partial charge >= 0.3 is 0 Å². The molecule has 0 bridgehead atoms. The van der Waals surface area contributed by atoms with Crippen molar-refractivity contribution in [1.82, 2.24) is 9.88 Å². The summed E-state index contributed by atoms with van der Waals surface area (Å²) in [7, 11) is -2.81. The maximum Gasteiger partial charge on any atom is 0.154 e. The Hall–Kier alpha value is -0.810. The Morgan fingerprint density at radius 1 is 1.53 bits per heavy atom. The Labute approximate surface area is 103 Å². The smallest absolute Gasteiger partial charge is 0.154 e. The lowest BCUT2D eigenvalue weighted by Crippen LogP contribution is -2.30. The highest BCUT2D eigenvalue weighted by Gasteiger charge is 2.30. The topological polar surface area (TPSA) is 51.1 Å². The minimum Gasteiger partial charge on any atom is -0.351 e. The molecule has 2 heterocycles. The van der Waals surface area contributed by atoms with E-state index in [4.69, 9.17) is 0 Å². The first-order valence-corrected chi connectivity index (χ1v) is 7.91. The molecule has 0 radical (unpaired) electrons. The van der Waals surface area contributed by atoms with E-state index in [1.54, 1.807) is 0 Å². The molecule has 1 aromatic rings. The maximum absolute atomic E-state index is 11.6. The van der Waals surface area contributed by atoms with Gasteiger partial charge in [-0.25, -0.2) is 8.42 Å². The van der Waals surface area contributed by atoms with Crippen LogP contribution in [0.25, 0.3) is 0 Å². The molecule has 17 heavy (non-hydrogen) atoms. The summed E-state index contributed by atoms with van der Waals surface area (Å²) in [5, 5.41) is 3.09. The van der Waals surface area contributed by atoms with E-state index >= 15 is 0 Å². The fraction of sp³-hybridized carbons (Fsp3) is 0.667. The molecule has 0 spiro atoms. The molecule has 1 atom stereocenters. The fourth-order valence-electron chi connectivity index (χ4n) is 2.37. The van der Waals surface area contributed by atoms with Gasteiger partial charge in [0.05, 0.1) is 11.0 Å². The third-order valence-corrected chi connectivity index (χ3v) is 5.68. The predicted octanol–water partition coefficient (Wildman–Crippen LogP) is 1.17. The first-order chi connectivity index (χ1) is 8.13. The summed E-state index contributed by atoms with van der Waals surface area (Å²) in [4.78, 5) is 0. The number of nitrogens with one attached hydrogen (secondary N) is 1. The molecule has 1 fully saturated rings. The van der Waals surface area contributed by atoms with Crippen molar-refractivity contribution in [2.45, 2.75) is 38.1 Å². The number of aryl methyl sites for hydroxylation is 1. The van der Waals surface area contributed by atoms with Gasteiger partial charge in [-0.1, -0.05) is 0 Å². The van der Waals surface area contributed by atoms with Gasteiger partial charge in [-0.05, 0) is 31.9 Å². The van der Waals surface area contributed by atoms with Crippen LogP contribution < -0.4 is 5.32 Å². The van der Waals surface area contributed by atoms with Gasteiger partial charge in [-0.3, -0.25) is 0 Å². The van der Waals surface area contributed by atoms with E-state index in [0.717, 1.165) is 25.9 Å². The lowest BCUT2D eigenvalue weighted by molar-refractivity contribution is 0.566. The highest BCUT2D eigenvalue weighted by molar-refractivity contribution is 7.92. The average molecular weight is 256 g/mol. The van der Waals surface area contributed by atoms with E-state index in [1.807, 2.05) is 12.3 Å². The molecular formula is C12H20N2O2S. The number of sulfone groups is 1. The van der Waals surface area contributed by atoms with E-state index in [0.29, 0.717) is 12.3 Å². The standard InChI is InChI=1S/C12H20N2O2S/c1-2-14-7-3-5-11(14)9-13-10-12-6-4-8-17(12,15)16/h3,5,7,12-13H,2,4,6,8-10H2,1H3. The SMILES string of the molecule is CCn1cccc1CNCC1CCCS1(=O)=O. The minimum absolute atomic E-state index is 0.174. The van der Waals surface area contributed by atoms with Gasteiger partial charge in [0, 0.05) is 31.5 Å². The molecule has 1 N–H and O–H groups in total. The summed E-state index contributed by atoms with van der Waals surface area (Å²) in [6.45, 7) is 4.38. The molecule has 5 heteroatoms. The number of hydrogen-bond acceptors (Lipinski definition) is 3. The van der Waals surface area contributed by atoms with Crippen LogP contribution in [0.3, 0.4) is 0 Å². The molecule has 0 aromatic carbocycles. The molecule has 0 aliphatic carbocycles. The maximum atomic E-state index is 11.6. The Morgan fingerprint density at radius 3 is 3.00 bits per heavy atom. The number of hydrogen-bond donors (Lipinski definition) is 1.